The quantitative estimate of drug-likeness (QED) is 0.171. The summed E-state index contributed by atoms with van der Waals surface area (Å²) >= 11 is 0. The average molecular weight is 713 g/mol. The van der Waals surface area contributed by atoms with Gasteiger partial charge in [-0.25, -0.2) is 19.9 Å². The maximum Gasteiger partial charge on any atom is 0.144 e. The molecule has 0 amide bonds. The Hall–Kier alpha value is -6.92. The Morgan fingerprint density at radius 3 is 1.24 bits per heavy atom. The summed E-state index contributed by atoms with van der Waals surface area (Å²) in [5.74, 6) is 0. The van der Waals surface area contributed by atoms with Gasteiger partial charge in [-0.1, -0.05) is 72.8 Å². The Morgan fingerprint density at radius 1 is 0.400 bits per heavy atom. The zero-order valence-electron chi connectivity index (χ0n) is 31.0. The van der Waals surface area contributed by atoms with Gasteiger partial charge in [-0.2, -0.15) is 0 Å². The van der Waals surface area contributed by atoms with Gasteiger partial charge in [0, 0.05) is 43.8 Å². The molecule has 0 N–H and O–H groups in total. The van der Waals surface area contributed by atoms with Crippen LogP contribution in [0.2, 0.25) is 0 Å². The first-order valence-electron chi connectivity index (χ1n) is 18.6. The van der Waals surface area contributed by atoms with Crippen molar-refractivity contribution >= 4 is 43.9 Å². The van der Waals surface area contributed by atoms with Crippen molar-refractivity contribution in [3.63, 3.8) is 0 Å². The molecule has 0 aliphatic heterocycles. The Labute approximate surface area is 318 Å². The van der Waals surface area contributed by atoms with Gasteiger partial charge >= 0.3 is 0 Å². The molecule has 4 aromatic heterocycles. The van der Waals surface area contributed by atoms with Crippen molar-refractivity contribution in [2.75, 3.05) is 0 Å². The molecule has 10 rings (SSSR count). The molecule has 55 heavy (non-hydrogen) atoms. The minimum absolute atomic E-state index is 0.661. The minimum Gasteiger partial charge on any atom is -0.455 e. The second-order valence-corrected chi connectivity index (χ2v) is 14.5. The molecule has 0 fully saturated rings. The van der Waals surface area contributed by atoms with E-state index in [4.69, 9.17) is 28.8 Å². The predicted molar refractivity (Wildman–Crippen MR) is 222 cm³/mol. The molecule has 0 aliphatic carbocycles. The highest BCUT2D eigenvalue weighted by atomic mass is 16.3. The molecule has 10 aromatic rings. The van der Waals surface area contributed by atoms with E-state index >= 15 is 0 Å². The number of fused-ring (bicyclic) bond motifs is 6. The van der Waals surface area contributed by atoms with Crippen LogP contribution in [-0.2, 0) is 6.42 Å². The largest absolute Gasteiger partial charge is 0.455 e. The molecule has 6 aromatic carbocycles. The van der Waals surface area contributed by atoms with Crippen LogP contribution in [0.5, 0.6) is 0 Å². The second kappa shape index (κ2) is 12.9. The van der Waals surface area contributed by atoms with Crippen LogP contribution >= 0.6 is 0 Å². The van der Waals surface area contributed by atoms with Crippen molar-refractivity contribution in [3.05, 3.63) is 167 Å². The normalized spacial score (nSPS) is 11.7. The summed E-state index contributed by atoms with van der Waals surface area (Å²) in [6.07, 6.45) is 3.99. The van der Waals surface area contributed by atoms with Gasteiger partial charge in [0.1, 0.15) is 35.0 Å². The zero-order chi connectivity index (χ0) is 37.2. The van der Waals surface area contributed by atoms with Crippen LogP contribution in [0.25, 0.3) is 88.9 Å². The van der Waals surface area contributed by atoms with Gasteiger partial charge in [0.25, 0.3) is 0 Å². The van der Waals surface area contributed by atoms with Crippen LogP contribution in [0, 0.1) is 27.7 Å². The van der Waals surface area contributed by atoms with E-state index in [-0.39, 0.29) is 0 Å². The van der Waals surface area contributed by atoms with Crippen LogP contribution in [0.15, 0.2) is 143 Å². The fourth-order valence-corrected chi connectivity index (χ4v) is 8.31. The van der Waals surface area contributed by atoms with Gasteiger partial charge in [-0.3, -0.25) is 0 Å². The van der Waals surface area contributed by atoms with E-state index < -0.39 is 0 Å². The fourth-order valence-electron chi connectivity index (χ4n) is 8.31. The molecule has 0 unspecified atom stereocenters. The van der Waals surface area contributed by atoms with Gasteiger partial charge in [0.05, 0.1) is 22.8 Å². The Morgan fingerprint density at radius 2 is 0.800 bits per heavy atom. The van der Waals surface area contributed by atoms with Gasteiger partial charge in [0.2, 0.25) is 0 Å². The van der Waals surface area contributed by atoms with E-state index in [1.807, 2.05) is 24.3 Å². The summed E-state index contributed by atoms with van der Waals surface area (Å²) in [7, 11) is 0. The maximum atomic E-state index is 6.59. The molecular weight excluding hydrogens is 677 g/mol. The lowest BCUT2D eigenvalue weighted by Gasteiger charge is -2.12. The third-order valence-electron chi connectivity index (χ3n) is 10.8. The first-order valence-corrected chi connectivity index (χ1v) is 18.6. The highest BCUT2D eigenvalue weighted by Crippen LogP contribution is 2.41. The van der Waals surface area contributed by atoms with Crippen molar-refractivity contribution in [1.82, 2.24) is 19.9 Å². The van der Waals surface area contributed by atoms with E-state index in [0.29, 0.717) is 6.42 Å². The second-order valence-electron chi connectivity index (χ2n) is 14.5. The summed E-state index contributed by atoms with van der Waals surface area (Å²) in [5.41, 5.74) is 17.8. The molecule has 264 valence electrons. The minimum atomic E-state index is 0.661. The number of aryl methyl sites for hydroxylation is 4. The summed E-state index contributed by atoms with van der Waals surface area (Å²) in [6.45, 7) is 8.51. The molecule has 4 heterocycles. The molecule has 0 spiro atoms. The molecule has 0 saturated heterocycles. The number of rotatable bonds is 6. The van der Waals surface area contributed by atoms with Gasteiger partial charge in [-0.05, 0) is 116 Å². The third kappa shape index (κ3) is 5.57. The van der Waals surface area contributed by atoms with E-state index in [9.17, 15) is 0 Å². The van der Waals surface area contributed by atoms with Gasteiger partial charge < -0.3 is 8.83 Å². The lowest BCUT2D eigenvalue weighted by atomic mass is 9.94. The number of nitrogens with zero attached hydrogens (tertiary/aromatic N) is 4. The molecule has 6 nitrogen and oxygen atoms in total. The van der Waals surface area contributed by atoms with Crippen molar-refractivity contribution in [3.8, 4) is 45.0 Å². The van der Waals surface area contributed by atoms with Gasteiger partial charge in [0.15, 0.2) is 0 Å². The number of aromatic nitrogens is 4. The molecule has 0 saturated carbocycles. The first-order chi connectivity index (χ1) is 26.9. The van der Waals surface area contributed by atoms with E-state index in [2.05, 4.69) is 125 Å². The topological polar surface area (TPSA) is 77.8 Å². The SMILES string of the molecule is Cc1cccc(C)c1-c1cc(-c2cc(Cc3cc(-c4cc(-c5c(C)cccc5C)ncn4)c4oc5ccccc5c4c3)cc3c2oc2ccccc23)ncn1. The van der Waals surface area contributed by atoms with Crippen LogP contribution < -0.4 is 0 Å². The number of benzene rings is 6. The monoisotopic (exact) mass is 712 g/mol. The number of hydrogen-bond acceptors (Lipinski definition) is 6. The molecule has 0 atom stereocenters. The number of furan rings is 2. The Bertz CT molecular complexity index is 2880. The fraction of sp³-hybridized carbons (Fsp3) is 0.102. The van der Waals surface area contributed by atoms with E-state index in [1.54, 1.807) is 12.7 Å². The third-order valence-corrected chi connectivity index (χ3v) is 10.8. The van der Waals surface area contributed by atoms with E-state index in [0.717, 1.165) is 100 Å². The summed E-state index contributed by atoms with van der Waals surface area (Å²) in [5, 5.41) is 4.25. The molecule has 0 radical (unpaired) electrons. The summed E-state index contributed by atoms with van der Waals surface area (Å²) in [6, 6.07) is 42.3. The molecule has 0 aliphatic rings. The highest BCUT2D eigenvalue weighted by Gasteiger charge is 2.20. The van der Waals surface area contributed by atoms with Crippen molar-refractivity contribution in [1.29, 1.82) is 0 Å². The van der Waals surface area contributed by atoms with Crippen molar-refractivity contribution in [2.45, 2.75) is 34.1 Å². The van der Waals surface area contributed by atoms with Gasteiger partial charge in [-0.15, -0.1) is 0 Å². The number of hydrogen-bond donors (Lipinski definition) is 0. The average Bonchev–Trinajstić information content (AvgIpc) is 3.76. The smallest absolute Gasteiger partial charge is 0.144 e. The molecular formula is C49H36N4O2. The molecule has 0 bridgehead atoms. The molecule has 6 heteroatoms. The highest BCUT2D eigenvalue weighted by molar-refractivity contribution is 6.11. The van der Waals surface area contributed by atoms with Crippen LogP contribution in [0.1, 0.15) is 33.4 Å². The predicted octanol–water partition coefficient (Wildman–Crippen LogP) is 12.6. The Kier molecular flexibility index (Phi) is 7.66. The standard InChI is InChI=1S/C49H36N4O2/c1-28-11-9-12-29(2)46(28)42-24-40(50-26-52-42)38-22-32(20-36-34-15-5-7-17-44(34)54-48(36)38)19-33-21-37-35-16-6-8-18-45(35)55-49(37)39(23-33)41-25-43(53-27-51-41)47-30(3)13-10-14-31(47)4/h5-18,20-27H,19H2,1-4H3. The Balaban J connectivity index is 1.16. The van der Waals surface area contributed by atoms with Crippen molar-refractivity contribution in [2.24, 2.45) is 0 Å². The number of para-hydroxylation sites is 2. The lowest BCUT2D eigenvalue weighted by Crippen LogP contribution is -1.96. The first kappa shape index (κ1) is 32.7. The van der Waals surface area contributed by atoms with E-state index in [1.165, 1.54) is 22.3 Å². The van der Waals surface area contributed by atoms with Crippen LogP contribution in [0.3, 0.4) is 0 Å². The van der Waals surface area contributed by atoms with Crippen LogP contribution in [-0.4, -0.2) is 19.9 Å². The zero-order valence-corrected chi connectivity index (χ0v) is 31.0. The maximum absolute atomic E-state index is 6.59. The lowest BCUT2D eigenvalue weighted by molar-refractivity contribution is 0.669. The summed E-state index contributed by atoms with van der Waals surface area (Å²) in [4.78, 5) is 19.1. The summed E-state index contributed by atoms with van der Waals surface area (Å²) < 4.78 is 13.2. The van der Waals surface area contributed by atoms with Crippen LogP contribution in [0.4, 0.5) is 0 Å². The van der Waals surface area contributed by atoms with Crippen molar-refractivity contribution < 1.29 is 8.83 Å².